The minimum Gasteiger partial charge on any atom is -0.366 e. The number of benzene rings is 1. The van der Waals surface area contributed by atoms with Crippen LogP contribution < -0.4 is 0 Å². The van der Waals surface area contributed by atoms with E-state index in [2.05, 4.69) is 15.0 Å². The highest BCUT2D eigenvalue weighted by atomic mass is 32.2. The van der Waals surface area contributed by atoms with Crippen LogP contribution in [0.3, 0.4) is 0 Å². The molecule has 0 saturated carbocycles. The highest BCUT2D eigenvalue weighted by molar-refractivity contribution is 7.94. The van der Waals surface area contributed by atoms with Gasteiger partial charge in [0.15, 0.2) is 5.82 Å². The molecule has 0 aliphatic heterocycles. The van der Waals surface area contributed by atoms with Gasteiger partial charge in [0.2, 0.25) is 14.2 Å². The van der Waals surface area contributed by atoms with E-state index in [-0.39, 0.29) is 10.4 Å². The number of fused-ring (bicyclic) bond motifs is 1. The summed E-state index contributed by atoms with van der Waals surface area (Å²) in [7, 11) is -3.70. The molecule has 3 rings (SSSR count). The van der Waals surface area contributed by atoms with Gasteiger partial charge < -0.3 is 4.74 Å². The van der Waals surface area contributed by atoms with Crippen LogP contribution in [0.1, 0.15) is 38.3 Å². The molecule has 0 bridgehead atoms. The molecule has 2 unspecified atom stereocenters. The highest BCUT2D eigenvalue weighted by Gasteiger charge is 2.37. The average molecular weight is 392 g/mol. The molecule has 6 nitrogen and oxygen atoms in total. The van der Waals surface area contributed by atoms with Crippen molar-refractivity contribution in [2.24, 2.45) is 0 Å². The van der Waals surface area contributed by atoms with E-state index in [1.54, 1.807) is 25.4 Å². The zero-order chi connectivity index (χ0) is 18.9. The summed E-state index contributed by atoms with van der Waals surface area (Å²) in [4.78, 5) is 12.9. The molecule has 2 heterocycles. The van der Waals surface area contributed by atoms with E-state index in [4.69, 9.17) is 4.74 Å². The Morgan fingerprint density at radius 3 is 2.35 bits per heavy atom. The van der Waals surface area contributed by atoms with Crippen molar-refractivity contribution in [3.05, 3.63) is 48.0 Å². The van der Waals surface area contributed by atoms with Crippen LogP contribution in [0.5, 0.6) is 0 Å². The number of hydrogen-bond acceptors (Lipinski definition) is 7. The molecule has 0 aliphatic carbocycles. The standard InChI is InChI=1S/C18H21N3O3S2/c1-11(2)24-16(17-19-9-12(3)10-20-17)13(4)26(22,23)18-21-14-7-5-6-8-15(14)25-18/h5-11,13,16H,1-4H3. The third-order valence-electron chi connectivity index (χ3n) is 3.91. The van der Waals surface area contributed by atoms with E-state index in [9.17, 15) is 8.42 Å². The maximum atomic E-state index is 13.2. The minimum atomic E-state index is -3.70. The zero-order valence-electron chi connectivity index (χ0n) is 15.1. The van der Waals surface area contributed by atoms with E-state index in [0.717, 1.165) is 10.3 Å². The van der Waals surface area contributed by atoms with Crippen LogP contribution in [0.25, 0.3) is 10.2 Å². The monoisotopic (exact) mass is 391 g/mol. The molecule has 2 atom stereocenters. The molecule has 0 N–H and O–H groups in total. The minimum absolute atomic E-state index is 0.0932. The van der Waals surface area contributed by atoms with Crippen molar-refractivity contribution in [3.63, 3.8) is 0 Å². The van der Waals surface area contributed by atoms with E-state index >= 15 is 0 Å². The highest BCUT2D eigenvalue weighted by Crippen LogP contribution is 2.33. The van der Waals surface area contributed by atoms with Crippen LogP contribution in [-0.2, 0) is 14.6 Å². The van der Waals surface area contributed by atoms with Crippen molar-refractivity contribution in [2.75, 3.05) is 0 Å². The smallest absolute Gasteiger partial charge is 0.210 e. The molecule has 0 saturated heterocycles. The summed E-state index contributed by atoms with van der Waals surface area (Å²) in [5.41, 5.74) is 1.58. The van der Waals surface area contributed by atoms with Gasteiger partial charge in [-0.15, -0.1) is 11.3 Å². The molecule has 26 heavy (non-hydrogen) atoms. The van der Waals surface area contributed by atoms with Crippen LogP contribution in [0.2, 0.25) is 0 Å². The van der Waals surface area contributed by atoms with Crippen LogP contribution in [-0.4, -0.2) is 34.7 Å². The molecule has 1 aromatic carbocycles. The molecule has 0 fully saturated rings. The molecule has 138 valence electrons. The molecular formula is C18H21N3O3S2. The van der Waals surface area contributed by atoms with E-state index in [0.29, 0.717) is 11.3 Å². The molecule has 8 heteroatoms. The fourth-order valence-electron chi connectivity index (χ4n) is 2.52. The Hall–Kier alpha value is -1.90. The molecule has 3 aromatic rings. The lowest BCUT2D eigenvalue weighted by molar-refractivity contribution is 0.00143. The van der Waals surface area contributed by atoms with Crippen LogP contribution in [0.15, 0.2) is 41.0 Å². The van der Waals surface area contributed by atoms with Crippen LogP contribution in [0.4, 0.5) is 0 Å². The first-order chi connectivity index (χ1) is 12.3. The van der Waals surface area contributed by atoms with Crippen molar-refractivity contribution < 1.29 is 13.2 Å². The van der Waals surface area contributed by atoms with E-state index < -0.39 is 21.2 Å². The Morgan fingerprint density at radius 2 is 1.73 bits per heavy atom. The number of nitrogens with zero attached hydrogens (tertiary/aromatic N) is 3. The summed E-state index contributed by atoms with van der Waals surface area (Å²) in [6.45, 7) is 7.22. The maximum Gasteiger partial charge on any atom is 0.210 e. The lowest BCUT2D eigenvalue weighted by atomic mass is 10.2. The summed E-state index contributed by atoms with van der Waals surface area (Å²) in [5.74, 6) is 0.362. The predicted octanol–water partition coefficient (Wildman–Crippen LogP) is 3.72. The van der Waals surface area contributed by atoms with Gasteiger partial charge in [0, 0.05) is 12.4 Å². The summed E-state index contributed by atoms with van der Waals surface area (Å²) >= 11 is 1.17. The first kappa shape index (κ1) is 18.9. The van der Waals surface area contributed by atoms with Crippen molar-refractivity contribution in [1.82, 2.24) is 15.0 Å². The SMILES string of the molecule is Cc1cnc(C(OC(C)C)C(C)S(=O)(=O)c2nc3ccccc3s2)nc1. The number of aromatic nitrogens is 3. The molecule has 0 amide bonds. The normalized spacial score (nSPS) is 14.7. The molecule has 0 aliphatic rings. The number of hydrogen-bond donors (Lipinski definition) is 0. The number of ether oxygens (including phenoxy) is 1. The molecular weight excluding hydrogens is 370 g/mol. The summed E-state index contributed by atoms with van der Waals surface area (Å²) in [6, 6.07) is 7.38. The first-order valence-electron chi connectivity index (χ1n) is 8.32. The molecule has 2 aromatic heterocycles. The summed E-state index contributed by atoms with van der Waals surface area (Å²) in [6.07, 6.45) is 2.39. The largest absolute Gasteiger partial charge is 0.366 e. The van der Waals surface area contributed by atoms with Gasteiger partial charge in [-0.3, -0.25) is 0 Å². The van der Waals surface area contributed by atoms with E-state index in [1.165, 1.54) is 11.3 Å². The maximum absolute atomic E-state index is 13.2. The average Bonchev–Trinajstić information content (AvgIpc) is 3.05. The Balaban J connectivity index is 2.01. The van der Waals surface area contributed by atoms with Gasteiger partial charge in [0.05, 0.1) is 21.6 Å². The second kappa shape index (κ2) is 7.38. The predicted molar refractivity (Wildman–Crippen MR) is 102 cm³/mol. The number of rotatable bonds is 6. The van der Waals surface area contributed by atoms with Crippen molar-refractivity contribution in [2.45, 2.75) is 49.5 Å². The van der Waals surface area contributed by atoms with Gasteiger partial charge in [-0.2, -0.15) is 0 Å². The lowest BCUT2D eigenvalue weighted by Gasteiger charge is -2.24. The number of sulfone groups is 1. The van der Waals surface area contributed by atoms with Gasteiger partial charge in [0.25, 0.3) is 0 Å². The Morgan fingerprint density at radius 1 is 1.08 bits per heavy atom. The van der Waals surface area contributed by atoms with Crippen LogP contribution in [0, 0.1) is 6.92 Å². The topological polar surface area (TPSA) is 82.0 Å². The third-order valence-corrected chi connectivity index (χ3v) is 7.49. The zero-order valence-corrected chi connectivity index (χ0v) is 16.7. The third kappa shape index (κ3) is 3.77. The summed E-state index contributed by atoms with van der Waals surface area (Å²) < 4.78 is 33.2. The van der Waals surface area contributed by atoms with E-state index in [1.807, 2.05) is 39.0 Å². The Labute approximate surface area is 157 Å². The number of aryl methyl sites for hydroxylation is 1. The first-order valence-corrected chi connectivity index (χ1v) is 10.7. The molecule has 0 radical (unpaired) electrons. The summed E-state index contributed by atoms with van der Waals surface area (Å²) in [5, 5.41) is -0.867. The lowest BCUT2D eigenvalue weighted by Crippen LogP contribution is -2.30. The Bertz CT molecular complexity index is 965. The van der Waals surface area contributed by atoms with Gasteiger partial charge in [-0.1, -0.05) is 12.1 Å². The fraction of sp³-hybridized carbons (Fsp3) is 0.389. The number of para-hydroxylation sites is 1. The Kier molecular flexibility index (Phi) is 5.36. The second-order valence-electron chi connectivity index (χ2n) is 6.42. The van der Waals surface area contributed by atoms with Gasteiger partial charge in [-0.05, 0) is 45.4 Å². The number of thiazole rings is 1. The quantitative estimate of drug-likeness (QED) is 0.637. The van der Waals surface area contributed by atoms with Crippen LogP contribution >= 0.6 is 11.3 Å². The fourth-order valence-corrected chi connectivity index (χ4v) is 5.46. The van der Waals surface area contributed by atoms with Gasteiger partial charge in [-0.25, -0.2) is 23.4 Å². The second-order valence-corrected chi connectivity index (χ2v) is 9.93. The molecule has 0 spiro atoms. The van der Waals surface area contributed by atoms with Crippen molar-refractivity contribution in [3.8, 4) is 0 Å². The van der Waals surface area contributed by atoms with Crippen molar-refractivity contribution >= 4 is 31.4 Å². The van der Waals surface area contributed by atoms with Crippen molar-refractivity contribution in [1.29, 1.82) is 0 Å². The van der Waals surface area contributed by atoms with Gasteiger partial charge >= 0.3 is 0 Å². The van der Waals surface area contributed by atoms with Gasteiger partial charge in [0.1, 0.15) is 6.10 Å².